The number of imidazole rings is 1. The van der Waals surface area contributed by atoms with Gasteiger partial charge in [-0.3, -0.25) is 9.20 Å². The zero-order valence-electron chi connectivity index (χ0n) is 16.8. The van der Waals surface area contributed by atoms with Crippen LogP contribution in [-0.4, -0.2) is 33.8 Å². The highest BCUT2D eigenvalue weighted by Gasteiger charge is 2.19. The molecule has 0 unspecified atom stereocenters. The summed E-state index contributed by atoms with van der Waals surface area (Å²) in [4.78, 5) is 12.7. The highest BCUT2D eigenvalue weighted by atomic mass is 16.5. The minimum atomic E-state index is -0.742. The summed E-state index contributed by atoms with van der Waals surface area (Å²) in [5.74, 6) is 0.760. The molecule has 30 heavy (non-hydrogen) atoms. The Morgan fingerprint density at radius 2 is 1.87 bits per heavy atom. The molecule has 0 aliphatic carbocycles. The molecule has 2 aromatic heterocycles. The average molecular weight is 402 g/mol. The Morgan fingerprint density at radius 3 is 2.53 bits per heavy atom. The van der Waals surface area contributed by atoms with Gasteiger partial charge in [0.2, 0.25) is 0 Å². The molecular formula is C23H22N4O3. The first-order chi connectivity index (χ1) is 14.5. The van der Waals surface area contributed by atoms with Crippen LogP contribution < -0.4 is 15.6 Å². The number of hydrogen-bond donors (Lipinski definition) is 2. The summed E-state index contributed by atoms with van der Waals surface area (Å²) in [6, 6.07) is 18.6. The van der Waals surface area contributed by atoms with Crippen LogP contribution in [0.15, 0.2) is 59.4 Å². The van der Waals surface area contributed by atoms with Gasteiger partial charge in [-0.1, -0.05) is 12.1 Å². The lowest BCUT2D eigenvalue weighted by Crippen LogP contribution is -2.25. The molecule has 0 aliphatic heterocycles. The Morgan fingerprint density at radius 1 is 1.17 bits per heavy atom. The quantitative estimate of drug-likeness (QED) is 0.517. The van der Waals surface area contributed by atoms with Crippen molar-refractivity contribution in [1.29, 1.82) is 5.26 Å². The third-order valence-corrected chi connectivity index (χ3v) is 5.20. The molecule has 152 valence electrons. The fourth-order valence-electron chi connectivity index (χ4n) is 3.74. The van der Waals surface area contributed by atoms with E-state index in [9.17, 15) is 15.2 Å². The maximum atomic E-state index is 12.7. The maximum Gasteiger partial charge on any atom is 0.257 e. The number of benzene rings is 2. The molecule has 1 atom stereocenters. The van der Waals surface area contributed by atoms with Crippen LogP contribution in [0.25, 0.3) is 16.7 Å². The minimum Gasteiger partial charge on any atom is -0.497 e. The lowest BCUT2D eigenvalue weighted by atomic mass is 10.1. The number of rotatable bonds is 6. The second-order valence-electron chi connectivity index (χ2n) is 7.17. The summed E-state index contributed by atoms with van der Waals surface area (Å²) in [7, 11) is 1.61. The summed E-state index contributed by atoms with van der Waals surface area (Å²) in [6.45, 7) is 2.30. The van der Waals surface area contributed by atoms with Gasteiger partial charge in [0.05, 0.1) is 36.4 Å². The molecule has 7 heteroatoms. The van der Waals surface area contributed by atoms with Crippen molar-refractivity contribution < 1.29 is 9.84 Å². The molecule has 0 bridgehead atoms. The van der Waals surface area contributed by atoms with Gasteiger partial charge in [0.15, 0.2) is 0 Å². The highest BCUT2D eigenvalue weighted by molar-refractivity contribution is 5.84. The van der Waals surface area contributed by atoms with E-state index in [2.05, 4.69) is 11.4 Å². The maximum absolute atomic E-state index is 12.7. The fourth-order valence-corrected chi connectivity index (χ4v) is 3.74. The molecule has 4 aromatic rings. The number of anilines is 1. The van der Waals surface area contributed by atoms with E-state index in [0.717, 1.165) is 17.0 Å². The molecule has 7 nitrogen and oxygen atoms in total. The van der Waals surface area contributed by atoms with E-state index in [1.165, 1.54) is 6.07 Å². The number of para-hydroxylation sites is 2. The Kier molecular flexibility index (Phi) is 5.17. The smallest absolute Gasteiger partial charge is 0.257 e. The first-order valence-corrected chi connectivity index (χ1v) is 9.63. The van der Waals surface area contributed by atoms with Gasteiger partial charge in [-0.2, -0.15) is 5.26 Å². The normalized spacial score (nSPS) is 12.1. The monoisotopic (exact) mass is 402 g/mol. The zero-order chi connectivity index (χ0) is 21.3. The van der Waals surface area contributed by atoms with Crippen molar-refractivity contribution in [2.24, 2.45) is 0 Å². The molecule has 2 aromatic carbocycles. The predicted octanol–water partition coefficient (Wildman–Crippen LogP) is 2.92. The van der Waals surface area contributed by atoms with Crippen LogP contribution in [0.5, 0.6) is 5.75 Å². The Hall–Kier alpha value is -3.76. The van der Waals surface area contributed by atoms with Crippen LogP contribution in [0, 0.1) is 18.3 Å². The van der Waals surface area contributed by atoms with E-state index < -0.39 is 6.10 Å². The lowest BCUT2D eigenvalue weighted by molar-refractivity contribution is 0.169. The SMILES string of the molecule is COc1ccc(NC[C@@H](O)Cn2c3ccccc3n3c(=O)cc(C)c(C#N)c23)cc1. The van der Waals surface area contributed by atoms with Crippen molar-refractivity contribution in [3.63, 3.8) is 0 Å². The third kappa shape index (κ3) is 3.38. The van der Waals surface area contributed by atoms with Crippen molar-refractivity contribution >= 4 is 22.4 Å². The molecule has 4 rings (SSSR count). The van der Waals surface area contributed by atoms with Gasteiger partial charge in [-0.15, -0.1) is 0 Å². The van der Waals surface area contributed by atoms with Crippen LogP contribution in [-0.2, 0) is 6.54 Å². The molecule has 0 amide bonds. The molecule has 0 spiro atoms. The van der Waals surface area contributed by atoms with Crippen LogP contribution in [0.2, 0.25) is 0 Å². The van der Waals surface area contributed by atoms with Crippen LogP contribution in [0.4, 0.5) is 5.69 Å². The summed E-state index contributed by atoms with van der Waals surface area (Å²) >= 11 is 0. The highest BCUT2D eigenvalue weighted by Crippen LogP contribution is 2.24. The van der Waals surface area contributed by atoms with E-state index in [-0.39, 0.29) is 12.1 Å². The van der Waals surface area contributed by atoms with Crippen molar-refractivity contribution in [3.05, 3.63) is 76.1 Å². The van der Waals surface area contributed by atoms with E-state index >= 15 is 0 Å². The largest absolute Gasteiger partial charge is 0.497 e. The van der Waals surface area contributed by atoms with E-state index in [1.54, 1.807) is 18.4 Å². The number of methoxy groups -OCH3 is 1. The van der Waals surface area contributed by atoms with Crippen molar-refractivity contribution in [2.75, 3.05) is 19.0 Å². The lowest BCUT2D eigenvalue weighted by Gasteiger charge is -2.16. The van der Waals surface area contributed by atoms with E-state index in [1.807, 2.05) is 53.1 Å². The number of fused-ring (bicyclic) bond motifs is 3. The first kappa shape index (κ1) is 19.6. The topological polar surface area (TPSA) is 91.7 Å². The van der Waals surface area contributed by atoms with E-state index in [4.69, 9.17) is 4.74 Å². The Balaban J connectivity index is 1.70. The van der Waals surface area contributed by atoms with Gasteiger partial charge in [0.1, 0.15) is 17.5 Å². The van der Waals surface area contributed by atoms with Gasteiger partial charge in [0, 0.05) is 18.3 Å². The van der Waals surface area contributed by atoms with Gasteiger partial charge in [0.25, 0.3) is 5.56 Å². The third-order valence-electron chi connectivity index (χ3n) is 5.20. The molecule has 2 N–H and O–H groups in total. The number of ether oxygens (including phenoxy) is 1. The molecule has 0 aliphatic rings. The molecular weight excluding hydrogens is 380 g/mol. The number of aliphatic hydroxyl groups is 1. The number of hydrogen-bond acceptors (Lipinski definition) is 5. The molecule has 0 saturated heterocycles. The number of nitriles is 1. The Bertz CT molecular complexity index is 1310. The van der Waals surface area contributed by atoms with Gasteiger partial charge in [-0.25, -0.2) is 0 Å². The van der Waals surface area contributed by atoms with Crippen molar-refractivity contribution in [2.45, 2.75) is 19.6 Å². The van der Waals surface area contributed by atoms with Crippen LogP contribution in [0.1, 0.15) is 11.1 Å². The summed E-state index contributed by atoms with van der Waals surface area (Å²) in [5, 5.41) is 23.7. The number of aliphatic hydroxyl groups excluding tert-OH is 1. The number of aryl methyl sites for hydroxylation is 1. The average Bonchev–Trinajstić information content (AvgIpc) is 3.07. The fraction of sp³-hybridized carbons (Fsp3) is 0.217. The van der Waals surface area contributed by atoms with E-state index in [0.29, 0.717) is 28.8 Å². The Labute approximate surface area is 173 Å². The number of nitrogens with one attached hydrogen (secondary N) is 1. The minimum absolute atomic E-state index is 0.192. The van der Waals surface area contributed by atoms with Gasteiger partial charge >= 0.3 is 0 Å². The molecule has 0 saturated carbocycles. The zero-order valence-corrected chi connectivity index (χ0v) is 16.8. The van der Waals surface area contributed by atoms with Crippen molar-refractivity contribution in [3.8, 4) is 11.8 Å². The van der Waals surface area contributed by atoms with Crippen LogP contribution >= 0.6 is 0 Å². The van der Waals surface area contributed by atoms with Crippen LogP contribution in [0.3, 0.4) is 0 Å². The summed E-state index contributed by atoms with van der Waals surface area (Å²) < 4.78 is 8.55. The number of aromatic nitrogens is 2. The molecule has 2 heterocycles. The standard InChI is InChI=1S/C23H22N4O3/c1-15-11-22(29)27-21-6-4-3-5-20(21)26(23(27)19(15)12-24)14-17(28)13-25-16-7-9-18(30-2)10-8-16/h3-11,17,25,28H,13-14H2,1-2H3/t17-/m1/s1. The van der Waals surface area contributed by atoms with Crippen molar-refractivity contribution in [1.82, 2.24) is 8.97 Å². The number of pyridine rings is 1. The summed E-state index contributed by atoms with van der Waals surface area (Å²) in [5.41, 5.74) is 3.74. The van der Waals surface area contributed by atoms with Gasteiger partial charge < -0.3 is 19.7 Å². The second-order valence-corrected chi connectivity index (χ2v) is 7.17. The molecule has 0 radical (unpaired) electrons. The number of nitrogens with zero attached hydrogens (tertiary/aromatic N) is 3. The molecule has 0 fully saturated rings. The summed E-state index contributed by atoms with van der Waals surface area (Å²) in [6.07, 6.45) is -0.742. The first-order valence-electron chi connectivity index (χ1n) is 9.63. The van der Waals surface area contributed by atoms with Gasteiger partial charge in [-0.05, 0) is 48.9 Å². The second kappa shape index (κ2) is 7.93. The predicted molar refractivity (Wildman–Crippen MR) is 116 cm³/mol.